The first-order valence-corrected chi connectivity index (χ1v) is 10.6. The van der Waals surface area contributed by atoms with E-state index in [9.17, 15) is 9.59 Å². The number of carbonyl (C=O) groups is 2. The summed E-state index contributed by atoms with van der Waals surface area (Å²) < 4.78 is 21.3. The van der Waals surface area contributed by atoms with Gasteiger partial charge in [-0.2, -0.15) is 0 Å². The van der Waals surface area contributed by atoms with Crippen LogP contribution in [0.15, 0.2) is 30.7 Å². The summed E-state index contributed by atoms with van der Waals surface area (Å²) in [5.41, 5.74) is 1.83. The molecule has 1 amide bonds. The van der Waals surface area contributed by atoms with Crippen molar-refractivity contribution in [3.05, 3.63) is 41.9 Å². The Morgan fingerprint density at radius 2 is 1.74 bits per heavy atom. The van der Waals surface area contributed by atoms with Crippen molar-refractivity contribution in [3.63, 3.8) is 0 Å². The van der Waals surface area contributed by atoms with Gasteiger partial charge in [-0.1, -0.05) is 0 Å². The van der Waals surface area contributed by atoms with E-state index in [0.717, 1.165) is 31.6 Å². The summed E-state index contributed by atoms with van der Waals surface area (Å²) in [4.78, 5) is 28.6. The van der Waals surface area contributed by atoms with Gasteiger partial charge < -0.3 is 28.7 Å². The summed E-state index contributed by atoms with van der Waals surface area (Å²) in [5, 5.41) is 0. The van der Waals surface area contributed by atoms with Crippen LogP contribution in [-0.2, 0) is 18.9 Å². The Hall–Kier alpha value is -2.90. The highest BCUT2D eigenvalue weighted by molar-refractivity contribution is 5.91. The monoisotopic (exact) mass is 430 g/mol. The fraction of sp³-hybridized carbons (Fsp3) is 0.565. The first kappa shape index (κ1) is 21.3. The molecule has 0 aliphatic carbocycles. The number of likely N-dealkylation sites (tertiary alicyclic amines) is 1. The number of hydrogen-bond donors (Lipinski definition) is 0. The van der Waals surface area contributed by atoms with E-state index in [1.807, 2.05) is 37.8 Å². The fourth-order valence-corrected chi connectivity index (χ4v) is 4.38. The van der Waals surface area contributed by atoms with E-state index in [4.69, 9.17) is 18.9 Å². The quantitative estimate of drug-likeness (QED) is 0.675. The zero-order chi connectivity index (χ0) is 22.2. The number of methoxy groups -OCH3 is 1. The summed E-state index contributed by atoms with van der Waals surface area (Å²) in [6.45, 7) is 8.91. The molecule has 8 nitrogen and oxygen atoms in total. The van der Waals surface area contributed by atoms with Crippen LogP contribution in [0.1, 0.15) is 55.8 Å². The maximum atomic E-state index is 12.3. The van der Waals surface area contributed by atoms with Crippen LogP contribution in [0.3, 0.4) is 0 Å². The van der Waals surface area contributed by atoms with Crippen molar-refractivity contribution in [1.82, 2.24) is 4.90 Å². The van der Waals surface area contributed by atoms with Crippen LogP contribution < -0.4 is 4.90 Å². The molecule has 4 rings (SSSR count). The molecule has 0 unspecified atom stereocenters. The van der Waals surface area contributed by atoms with Gasteiger partial charge in [0.25, 0.3) is 6.29 Å². The molecule has 0 atom stereocenters. The van der Waals surface area contributed by atoms with Crippen LogP contribution in [0.25, 0.3) is 0 Å². The number of rotatable bonds is 3. The minimum atomic E-state index is -0.652. The van der Waals surface area contributed by atoms with Gasteiger partial charge in [-0.05, 0) is 51.8 Å². The average Bonchev–Trinajstić information content (AvgIpc) is 3.24. The number of amides is 1. The van der Waals surface area contributed by atoms with Gasteiger partial charge in [-0.3, -0.25) is 0 Å². The third kappa shape index (κ3) is 4.43. The molecule has 0 bridgehead atoms. The SMILES string of the molecule is COC(=O)c1ccc(N2CC3(CCN(C(=O)OC(C)(C)C)CC3)C2)cc1C1OC=CO1. The molecular weight excluding hydrogens is 400 g/mol. The van der Waals surface area contributed by atoms with E-state index in [1.165, 1.54) is 19.6 Å². The molecule has 0 N–H and O–H groups in total. The van der Waals surface area contributed by atoms with Crippen LogP contribution in [0, 0.1) is 5.41 Å². The number of nitrogens with zero attached hydrogens (tertiary/aromatic N) is 2. The van der Waals surface area contributed by atoms with Crippen LogP contribution in [0.4, 0.5) is 10.5 Å². The lowest BCUT2D eigenvalue weighted by atomic mass is 9.71. The van der Waals surface area contributed by atoms with Gasteiger partial charge in [0.15, 0.2) is 0 Å². The van der Waals surface area contributed by atoms with Crippen LogP contribution in [0.2, 0.25) is 0 Å². The van der Waals surface area contributed by atoms with Crippen LogP contribution >= 0.6 is 0 Å². The molecule has 1 aromatic carbocycles. The zero-order valence-electron chi connectivity index (χ0n) is 18.6. The van der Waals surface area contributed by atoms with Crippen molar-refractivity contribution < 1.29 is 28.5 Å². The van der Waals surface area contributed by atoms with Crippen molar-refractivity contribution in [2.24, 2.45) is 5.41 Å². The lowest BCUT2D eigenvalue weighted by molar-refractivity contribution is -0.0255. The van der Waals surface area contributed by atoms with Crippen molar-refractivity contribution >= 4 is 17.7 Å². The van der Waals surface area contributed by atoms with Gasteiger partial charge in [0.05, 0.1) is 12.7 Å². The first-order chi connectivity index (χ1) is 14.7. The molecule has 2 fully saturated rings. The maximum absolute atomic E-state index is 12.3. The number of hydrogen-bond acceptors (Lipinski definition) is 7. The first-order valence-electron chi connectivity index (χ1n) is 10.6. The average molecular weight is 431 g/mol. The lowest BCUT2D eigenvalue weighted by Crippen LogP contribution is -2.61. The van der Waals surface area contributed by atoms with Crippen molar-refractivity contribution in [2.75, 3.05) is 38.2 Å². The lowest BCUT2D eigenvalue weighted by Gasteiger charge is -2.55. The Morgan fingerprint density at radius 3 is 2.32 bits per heavy atom. The number of anilines is 1. The Bertz CT molecular complexity index is 867. The van der Waals surface area contributed by atoms with E-state index < -0.39 is 17.9 Å². The minimum absolute atomic E-state index is 0.210. The fourth-order valence-electron chi connectivity index (χ4n) is 4.38. The van der Waals surface area contributed by atoms with Gasteiger partial charge in [0.2, 0.25) is 0 Å². The topological polar surface area (TPSA) is 77.5 Å². The Morgan fingerprint density at radius 1 is 1.10 bits per heavy atom. The van der Waals surface area contributed by atoms with Crippen LogP contribution in [-0.4, -0.2) is 55.9 Å². The van der Waals surface area contributed by atoms with Gasteiger partial charge in [-0.25, -0.2) is 9.59 Å². The largest absolute Gasteiger partial charge is 0.465 e. The highest BCUT2D eigenvalue weighted by Gasteiger charge is 2.46. The summed E-state index contributed by atoms with van der Waals surface area (Å²) >= 11 is 0. The highest BCUT2D eigenvalue weighted by atomic mass is 16.7. The highest BCUT2D eigenvalue weighted by Crippen LogP contribution is 2.43. The van der Waals surface area contributed by atoms with E-state index in [0.29, 0.717) is 24.2 Å². The zero-order valence-corrected chi connectivity index (χ0v) is 18.6. The normalized spacial score (nSPS) is 20.1. The molecule has 31 heavy (non-hydrogen) atoms. The molecule has 3 heterocycles. The van der Waals surface area contributed by atoms with E-state index in [1.54, 1.807) is 6.07 Å². The number of esters is 1. The third-order valence-electron chi connectivity index (χ3n) is 6.05. The van der Waals surface area contributed by atoms with Crippen LogP contribution in [0.5, 0.6) is 0 Å². The summed E-state index contributed by atoms with van der Waals surface area (Å²) in [6, 6.07) is 5.63. The van der Waals surface area contributed by atoms with Crippen molar-refractivity contribution in [3.8, 4) is 0 Å². The molecule has 0 aromatic heterocycles. The molecule has 3 aliphatic heterocycles. The van der Waals surface area contributed by atoms with Crippen molar-refractivity contribution in [1.29, 1.82) is 0 Å². The summed E-state index contributed by atoms with van der Waals surface area (Å²) in [7, 11) is 1.36. The number of ether oxygens (including phenoxy) is 4. The summed E-state index contributed by atoms with van der Waals surface area (Å²) in [6.07, 6.45) is 3.96. The second kappa shape index (κ2) is 7.98. The second-order valence-electron chi connectivity index (χ2n) is 9.46. The summed E-state index contributed by atoms with van der Waals surface area (Å²) in [5.74, 6) is -0.421. The van der Waals surface area contributed by atoms with Gasteiger partial charge >= 0.3 is 12.1 Å². The Kier molecular flexibility index (Phi) is 5.49. The van der Waals surface area contributed by atoms with E-state index in [-0.39, 0.29) is 11.5 Å². The predicted molar refractivity (Wildman–Crippen MR) is 114 cm³/mol. The standard InChI is InChI=1S/C23H30N2O6/c1-22(2,3)31-21(27)24-9-7-23(8-10-24)14-25(15-23)16-5-6-17(19(26)28-4)18(13-16)20-29-11-12-30-20/h5-6,11-13,20H,7-10,14-15H2,1-4H3. The molecule has 1 aromatic rings. The molecule has 0 saturated carbocycles. The minimum Gasteiger partial charge on any atom is -0.465 e. The van der Waals surface area contributed by atoms with E-state index >= 15 is 0 Å². The molecule has 2 saturated heterocycles. The van der Waals surface area contributed by atoms with E-state index in [2.05, 4.69) is 4.90 Å². The molecule has 168 valence electrons. The molecule has 0 radical (unpaired) electrons. The molecule has 1 spiro atoms. The molecule has 3 aliphatic rings. The van der Waals surface area contributed by atoms with Gasteiger partial charge in [-0.15, -0.1) is 0 Å². The third-order valence-corrected chi connectivity index (χ3v) is 6.05. The van der Waals surface area contributed by atoms with Gasteiger partial charge in [0.1, 0.15) is 18.1 Å². The predicted octanol–water partition coefficient (Wildman–Crippen LogP) is 3.83. The van der Waals surface area contributed by atoms with Gasteiger partial charge in [0, 0.05) is 42.8 Å². The smallest absolute Gasteiger partial charge is 0.410 e. The number of carbonyl (C=O) groups excluding carboxylic acids is 2. The Labute approximate surface area is 182 Å². The molecular formula is C23H30N2O6. The molecule has 8 heteroatoms. The number of piperidine rings is 1. The number of benzene rings is 1. The Balaban J connectivity index is 1.39. The maximum Gasteiger partial charge on any atom is 0.410 e. The second-order valence-corrected chi connectivity index (χ2v) is 9.46. The van der Waals surface area contributed by atoms with Crippen molar-refractivity contribution in [2.45, 2.75) is 45.5 Å².